The summed E-state index contributed by atoms with van der Waals surface area (Å²) >= 11 is 0. The van der Waals surface area contributed by atoms with Gasteiger partial charge in [0.05, 0.1) is 5.56 Å². The smallest absolute Gasteiger partial charge is 0.252 e. The van der Waals surface area contributed by atoms with Crippen molar-refractivity contribution in [2.24, 2.45) is 5.73 Å². The van der Waals surface area contributed by atoms with E-state index in [1.807, 2.05) is 13.0 Å². The van der Waals surface area contributed by atoms with Crippen molar-refractivity contribution in [1.82, 2.24) is 0 Å². The molecule has 1 aromatic carbocycles. The van der Waals surface area contributed by atoms with Crippen molar-refractivity contribution in [2.75, 3.05) is 5.73 Å². The standard InChI is InChI=1S/C11H13N3O2/c1-2-8(6-12)16-10-4-3-7(13)5-9(10)11(14)15/h3-5,8H,2,13H2,1H3,(H2,14,15). The lowest BCUT2D eigenvalue weighted by atomic mass is 10.1. The molecule has 0 saturated heterocycles. The maximum Gasteiger partial charge on any atom is 0.252 e. The highest BCUT2D eigenvalue weighted by Gasteiger charge is 2.13. The molecule has 1 atom stereocenters. The van der Waals surface area contributed by atoms with Gasteiger partial charge < -0.3 is 16.2 Å². The molecule has 0 heterocycles. The molecule has 1 aromatic rings. The van der Waals surface area contributed by atoms with Crippen LogP contribution in [0, 0.1) is 11.3 Å². The van der Waals surface area contributed by atoms with Crippen LogP contribution in [0.1, 0.15) is 23.7 Å². The number of carbonyl (C=O) groups excluding carboxylic acids is 1. The molecule has 1 unspecified atom stereocenters. The summed E-state index contributed by atoms with van der Waals surface area (Å²) in [7, 11) is 0. The summed E-state index contributed by atoms with van der Waals surface area (Å²) < 4.78 is 5.34. The Morgan fingerprint density at radius 3 is 2.81 bits per heavy atom. The summed E-state index contributed by atoms with van der Waals surface area (Å²) in [6.07, 6.45) is -0.0688. The SMILES string of the molecule is CCC(C#N)Oc1ccc(N)cc1C(N)=O. The summed E-state index contributed by atoms with van der Waals surface area (Å²) in [5.74, 6) is -0.342. The first-order valence-corrected chi connectivity index (χ1v) is 4.84. The Morgan fingerprint density at radius 1 is 1.62 bits per heavy atom. The van der Waals surface area contributed by atoms with Crippen LogP contribution >= 0.6 is 0 Å². The second-order valence-electron chi connectivity index (χ2n) is 3.26. The predicted octanol–water partition coefficient (Wildman–Crippen LogP) is 1.05. The Bertz CT molecular complexity index is 437. The third kappa shape index (κ3) is 2.64. The molecule has 84 valence electrons. The van der Waals surface area contributed by atoms with Gasteiger partial charge in [-0.05, 0) is 24.6 Å². The van der Waals surface area contributed by atoms with Crippen LogP contribution in [0.4, 0.5) is 5.69 Å². The van der Waals surface area contributed by atoms with Gasteiger partial charge in [-0.3, -0.25) is 4.79 Å². The van der Waals surface area contributed by atoms with E-state index in [-0.39, 0.29) is 11.3 Å². The molecule has 0 aromatic heterocycles. The minimum atomic E-state index is -0.630. The van der Waals surface area contributed by atoms with Gasteiger partial charge in [0.25, 0.3) is 5.91 Å². The molecule has 4 N–H and O–H groups in total. The van der Waals surface area contributed by atoms with Gasteiger partial charge >= 0.3 is 0 Å². The molecule has 0 radical (unpaired) electrons. The number of anilines is 1. The van der Waals surface area contributed by atoms with Gasteiger partial charge in [-0.2, -0.15) is 5.26 Å². The molecule has 0 bridgehead atoms. The molecule has 0 saturated carbocycles. The number of benzene rings is 1. The average molecular weight is 219 g/mol. The highest BCUT2D eigenvalue weighted by Crippen LogP contribution is 2.22. The van der Waals surface area contributed by atoms with Gasteiger partial charge in [0, 0.05) is 5.69 Å². The Morgan fingerprint density at radius 2 is 2.31 bits per heavy atom. The van der Waals surface area contributed by atoms with Crippen LogP contribution in [0.2, 0.25) is 0 Å². The van der Waals surface area contributed by atoms with Gasteiger partial charge in [-0.25, -0.2) is 0 Å². The molecule has 0 spiro atoms. The lowest BCUT2D eigenvalue weighted by Gasteiger charge is -2.13. The Hall–Kier alpha value is -2.22. The maximum absolute atomic E-state index is 11.1. The molecule has 0 aliphatic carbocycles. The number of ether oxygens (including phenoxy) is 1. The fraction of sp³-hybridized carbons (Fsp3) is 0.273. The maximum atomic E-state index is 11.1. The van der Waals surface area contributed by atoms with Crippen LogP contribution in [-0.2, 0) is 0 Å². The van der Waals surface area contributed by atoms with Crippen LogP contribution in [0.15, 0.2) is 18.2 Å². The molecule has 1 rings (SSSR count). The van der Waals surface area contributed by atoms with Crippen LogP contribution in [-0.4, -0.2) is 12.0 Å². The third-order valence-electron chi connectivity index (χ3n) is 2.05. The van der Waals surface area contributed by atoms with E-state index in [0.717, 1.165) is 0 Å². The Kier molecular flexibility index (Phi) is 3.72. The molecule has 1 amide bonds. The Labute approximate surface area is 93.6 Å². The number of hydrogen-bond acceptors (Lipinski definition) is 4. The molecule has 5 heteroatoms. The molecule has 0 fully saturated rings. The van der Waals surface area contributed by atoms with E-state index < -0.39 is 12.0 Å². The van der Waals surface area contributed by atoms with Crippen LogP contribution in [0.3, 0.4) is 0 Å². The number of hydrogen-bond donors (Lipinski definition) is 2. The summed E-state index contributed by atoms with van der Waals surface area (Å²) in [6.45, 7) is 1.81. The number of rotatable bonds is 4. The molecule has 0 aliphatic heterocycles. The van der Waals surface area contributed by atoms with E-state index in [9.17, 15) is 4.79 Å². The van der Waals surface area contributed by atoms with Crippen molar-refractivity contribution in [3.63, 3.8) is 0 Å². The topological polar surface area (TPSA) is 102 Å². The second kappa shape index (κ2) is 5.03. The van der Waals surface area contributed by atoms with Crippen molar-refractivity contribution >= 4 is 11.6 Å². The summed E-state index contributed by atoms with van der Waals surface area (Å²) in [6, 6.07) is 6.53. The van der Waals surface area contributed by atoms with E-state index in [0.29, 0.717) is 12.1 Å². The molecular formula is C11H13N3O2. The summed E-state index contributed by atoms with van der Waals surface area (Å²) in [4.78, 5) is 11.1. The van der Waals surface area contributed by atoms with E-state index >= 15 is 0 Å². The minimum Gasteiger partial charge on any atom is -0.475 e. The summed E-state index contributed by atoms with van der Waals surface area (Å²) in [5, 5.41) is 8.76. The number of primary amides is 1. The Balaban J connectivity index is 3.04. The number of nitrogens with two attached hydrogens (primary N) is 2. The normalized spacial score (nSPS) is 11.5. The molecular weight excluding hydrogens is 206 g/mol. The number of nitriles is 1. The van der Waals surface area contributed by atoms with E-state index in [1.165, 1.54) is 12.1 Å². The first kappa shape index (κ1) is 11.9. The highest BCUT2D eigenvalue weighted by atomic mass is 16.5. The first-order chi connectivity index (χ1) is 7.58. The van der Waals surface area contributed by atoms with Crippen molar-refractivity contribution < 1.29 is 9.53 Å². The molecule has 0 aliphatic rings. The van der Waals surface area contributed by atoms with Gasteiger partial charge in [-0.1, -0.05) is 6.92 Å². The largest absolute Gasteiger partial charge is 0.475 e. The van der Waals surface area contributed by atoms with Crippen molar-refractivity contribution in [3.8, 4) is 11.8 Å². The number of nitrogen functional groups attached to an aromatic ring is 1. The van der Waals surface area contributed by atoms with Crippen molar-refractivity contribution in [3.05, 3.63) is 23.8 Å². The van der Waals surface area contributed by atoms with E-state index in [2.05, 4.69) is 0 Å². The second-order valence-corrected chi connectivity index (χ2v) is 3.26. The number of nitrogens with zero attached hydrogens (tertiary/aromatic N) is 1. The number of carbonyl (C=O) groups is 1. The monoisotopic (exact) mass is 219 g/mol. The van der Waals surface area contributed by atoms with E-state index in [1.54, 1.807) is 6.07 Å². The molecule has 16 heavy (non-hydrogen) atoms. The van der Waals surface area contributed by atoms with E-state index in [4.69, 9.17) is 21.5 Å². The predicted molar refractivity (Wildman–Crippen MR) is 59.7 cm³/mol. The fourth-order valence-electron chi connectivity index (χ4n) is 1.20. The van der Waals surface area contributed by atoms with Gasteiger partial charge in [0.15, 0.2) is 6.10 Å². The van der Waals surface area contributed by atoms with Crippen molar-refractivity contribution in [2.45, 2.75) is 19.4 Å². The average Bonchev–Trinajstić information content (AvgIpc) is 2.27. The van der Waals surface area contributed by atoms with Gasteiger partial charge in [0.2, 0.25) is 0 Å². The summed E-state index contributed by atoms with van der Waals surface area (Å²) in [5.41, 5.74) is 11.3. The molecule has 5 nitrogen and oxygen atoms in total. The first-order valence-electron chi connectivity index (χ1n) is 4.84. The van der Waals surface area contributed by atoms with Gasteiger partial charge in [-0.15, -0.1) is 0 Å². The lowest BCUT2D eigenvalue weighted by Crippen LogP contribution is -2.18. The van der Waals surface area contributed by atoms with Crippen LogP contribution < -0.4 is 16.2 Å². The van der Waals surface area contributed by atoms with Gasteiger partial charge in [0.1, 0.15) is 11.8 Å². The quantitative estimate of drug-likeness (QED) is 0.738. The lowest BCUT2D eigenvalue weighted by molar-refractivity contribution is 0.0995. The zero-order chi connectivity index (χ0) is 12.1. The zero-order valence-electron chi connectivity index (χ0n) is 8.93. The third-order valence-corrected chi connectivity index (χ3v) is 2.05. The fourth-order valence-corrected chi connectivity index (χ4v) is 1.20. The van der Waals surface area contributed by atoms with Crippen LogP contribution in [0.5, 0.6) is 5.75 Å². The number of amides is 1. The minimum absolute atomic E-state index is 0.189. The zero-order valence-corrected chi connectivity index (χ0v) is 8.93. The van der Waals surface area contributed by atoms with Crippen LogP contribution in [0.25, 0.3) is 0 Å². The highest BCUT2D eigenvalue weighted by molar-refractivity contribution is 5.96. The van der Waals surface area contributed by atoms with Crippen molar-refractivity contribution in [1.29, 1.82) is 5.26 Å².